The van der Waals surface area contributed by atoms with Crippen LogP contribution < -0.4 is 0 Å². The van der Waals surface area contributed by atoms with E-state index in [0.717, 1.165) is 5.92 Å². The van der Waals surface area contributed by atoms with Crippen molar-refractivity contribution in [2.24, 2.45) is 11.3 Å². The van der Waals surface area contributed by atoms with Gasteiger partial charge >= 0.3 is 0 Å². The molecular formula is C22H22. The van der Waals surface area contributed by atoms with Gasteiger partial charge in [-0.2, -0.15) is 0 Å². The molecule has 2 aromatic rings. The van der Waals surface area contributed by atoms with Gasteiger partial charge in [-0.05, 0) is 47.5 Å². The highest BCUT2D eigenvalue weighted by Gasteiger charge is 2.50. The lowest BCUT2D eigenvalue weighted by molar-refractivity contribution is 0.411. The minimum Gasteiger partial charge on any atom is -0.0943 e. The van der Waals surface area contributed by atoms with Crippen molar-refractivity contribution in [3.8, 4) is 0 Å². The predicted octanol–water partition coefficient (Wildman–Crippen LogP) is 5.97. The van der Waals surface area contributed by atoms with Crippen LogP contribution in [0.2, 0.25) is 0 Å². The number of hydrogen-bond acceptors (Lipinski definition) is 0. The lowest BCUT2D eigenvalue weighted by Gasteiger charge is -2.36. The zero-order chi connectivity index (χ0) is 15.0. The molecule has 0 nitrogen and oxygen atoms in total. The molecule has 110 valence electrons. The van der Waals surface area contributed by atoms with Crippen molar-refractivity contribution in [1.29, 1.82) is 0 Å². The first kappa shape index (κ1) is 13.6. The van der Waals surface area contributed by atoms with Crippen molar-refractivity contribution in [3.63, 3.8) is 0 Å². The van der Waals surface area contributed by atoms with Gasteiger partial charge in [0.15, 0.2) is 0 Å². The smallest absolute Gasteiger partial charge is 0.0236 e. The van der Waals surface area contributed by atoms with Gasteiger partial charge in [-0.1, -0.05) is 79.7 Å². The van der Waals surface area contributed by atoms with Crippen molar-refractivity contribution in [3.05, 3.63) is 84.4 Å². The summed E-state index contributed by atoms with van der Waals surface area (Å²) in [5.74, 6) is 0.732. The Hall–Kier alpha value is -2.08. The summed E-state index contributed by atoms with van der Waals surface area (Å²) in [6.07, 6.45) is 7.58. The molecular weight excluding hydrogens is 264 g/mol. The van der Waals surface area contributed by atoms with E-state index in [4.69, 9.17) is 0 Å². The van der Waals surface area contributed by atoms with Gasteiger partial charge in [0.05, 0.1) is 0 Å². The van der Waals surface area contributed by atoms with Crippen LogP contribution >= 0.6 is 0 Å². The fourth-order valence-corrected chi connectivity index (χ4v) is 4.64. The molecule has 0 saturated heterocycles. The topological polar surface area (TPSA) is 0 Å². The maximum absolute atomic E-state index is 4.58. The van der Waals surface area contributed by atoms with Gasteiger partial charge in [-0.25, -0.2) is 0 Å². The molecule has 2 aromatic carbocycles. The number of fused-ring (bicyclic) bond motifs is 1. The summed E-state index contributed by atoms with van der Waals surface area (Å²) in [5, 5.41) is 0. The Labute approximate surface area is 133 Å². The summed E-state index contributed by atoms with van der Waals surface area (Å²) in [7, 11) is 0. The second-order valence-electron chi connectivity index (χ2n) is 6.62. The van der Waals surface area contributed by atoms with Crippen LogP contribution in [0.25, 0.3) is 11.1 Å². The first-order valence-electron chi connectivity index (χ1n) is 8.33. The normalized spacial score (nSPS) is 26.5. The summed E-state index contributed by atoms with van der Waals surface area (Å²) < 4.78 is 0. The Morgan fingerprint density at radius 1 is 0.955 bits per heavy atom. The molecule has 0 heterocycles. The van der Waals surface area contributed by atoms with E-state index < -0.39 is 0 Å². The molecule has 0 aromatic heterocycles. The molecule has 0 amide bonds. The molecule has 0 unspecified atom stereocenters. The molecule has 0 aliphatic heterocycles. The van der Waals surface area contributed by atoms with E-state index in [2.05, 4.69) is 73.3 Å². The standard InChI is InChI=1S/C22H22/c1-17(18-9-4-2-5-10-18)22-16-8-13-20(22)14-15-21(22)19-11-6-3-7-12-19/h2-7,9-12,15,20H,1,8,13-14,16H2/t20-,22+/m1/s1. The number of rotatable bonds is 3. The van der Waals surface area contributed by atoms with Crippen molar-refractivity contribution in [2.75, 3.05) is 0 Å². The van der Waals surface area contributed by atoms with Crippen LogP contribution in [0.4, 0.5) is 0 Å². The number of benzene rings is 2. The Morgan fingerprint density at radius 3 is 2.36 bits per heavy atom. The van der Waals surface area contributed by atoms with E-state index >= 15 is 0 Å². The third-order valence-electron chi connectivity index (χ3n) is 5.65. The quantitative estimate of drug-likeness (QED) is 0.651. The monoisotopic (exact) mass is 286 g/mol. The fourth-order valence-electron chi connectivity index (χ4n) is 4.64. The molecule has 0 heteroatoms. The van der Waals surface area contributed by atoms with Gasteiger partial charge in [-0.15, -0.1) is 0 Å². The molecule has 0 spiro atoms. The van der Waals surface area contributed by atoms with Crippen molar-refractivity contribution in [1.82, 2.24) is 0 Å². The first-order valence-corrected chi connectivity index (χ1v) is 8.33. The van der Waals surface area contributed by atoms with E-state index in [1.54, 1.807) is 0 Å². The lowest BCUT2D eigenvalue weighted by Crippen LogP contribution is -2.24. The Bertz CT molecular complexity index is 708. The van der Waals surface area contributed by atoms with E-state index in [1.165, 1.54) is 48.0 Å². The SMILES string of the molecule is C=C(c1ccccc1)[C@@]12CCC[C@@H]1CC=C2c1ccccc1. The van der Waals surface area contributed by atoms with E-state index in [9.17, 15) is 0 Å². The molecule has 1 fully saturated rings. The molecule has 0 radical (unpaired) electrons. The zero-order valence-electron chi connectivity index (χ0n) is 13.0. The number of hydrogen-bond donors (Lipinski definition) is 0. The summed E-state index contributed by atoms with van der Waals surface area (Å²) in [6.45, 7) is 4.58. The first-order chi connectivity index (χ1) is 10.8. The van der Waals surface area contributed by atoms with Gasteiger partial charge in [-0.3, -0.25) is 0 Å². The largest absolute Gasteiger partial charge is 0.0943 e. The third kappa shape index (κ3) is 1.90. The van der Waals surface area contributed by atoms with Crippen LogP contribution in [0.3, 0.4) is 0 Å². The summed E-state index contributed by atoms with van der Waals surface area (Å²) in [4.78, 5) is 0. The highest BCUT2D eigenvalue weighted by molar-refractivity contribution is 5.88. The van der Waals surface area contributed by atoms with Crippen molar-refractivity contribution < 1.29 is 0 Å². The van der Waals surface area contributed by atoms with Crippen molar-refractivity contribution >= 4 is 11.1 Å². The van der Waals surface area contributed by atoms with E-state index in [-0.39, 0.29) is 5.41 Å². The molecule has 2 atom stereocenters. The second-order valence-corrected chi connectivity index (χ2v) is 6.62. The van der Waals surface area contributed by atoms with Crippen LogP contribution in [-0.4, -0.2) is 0 Å². The Balaban J connectivity index is 1.82. The molecule has 22 heavy (non-hydrogen) atoms. The average molecular weight is 286 g/mol. The predicted molar refractivity (Wildman–Crippen MR) is 94.3 cm³/mol. The summed E-state index contributed by atoms with van der Waals surface area (Å²) in [5.41, 5.74) is 5.68. The van der Waals surface area contributed by atoms with Crippen LogP contribution in [0.15, 0.2) is 73.3 Å². The van der Waals surface area contributed by atoms with E-state index in [1.807, 2.05) is 0 Å². The highest BCUT2D eigenvalue weighted by atomic mass is 14.5. The van der Waals surface area contributed by atoms with Gasteiger partial charge in [0, 0.05) is 5.41 Å². The van der Waals surface area contributed by atoms with Crippen LogP contribution in [0, 0.1) is 11.3 Å². The average Bonchev–Trinajstić information content (AvgIpc) is 3.15. The van der Waals surface area contributed by atoms with Gasteiger partial charge in [0.2, 0.25) is 0 Å². The summed E-state index contributed by atoms with van der Waals surface area (Å²) in [6, 6.07) is 21.7. The van der Waals surface area contributed by atoms with Crippen LogP contribution in [0.5, 0.6) is 0 Å². The molecule has 2 aliphatic rings. The summed E-state index contributed by atoms with van der Waals surface area (Å²) >= 11 is 0. The molecule has 2 aliphatic carbocycles. The fraction of sp³-hybridized carbons (Fsp3) is 0.273. The van der Waals surface area contributed by atoms with Gasteiger partial charge in [0.1, 0.15) is 0 Å². The molecule has 1 saturated carbocycles. The third-order valence-corrected chi connectivity index (χ3v) is 5.65. The minimum atomic E-state index is 0.155. The molecule has 0 bridgehead atoms. The van der Waals surface area contributed by atoms with Crippen molar-refractivity contribution in [2.45, 2.75) is 25.7 Å². The molecule has 4 rings (SSSR count). The maximum atomic E-state index is 4.58. The minimum absolute atomic E-state index is 0.155. The van der Waals surface area contributed by atoms with E-state index in [0.29, 0.717) is 0 Å². The van der Waals surface area contributed by atoms with Gasteiger partial charge < -0.3 is 0 Å². The van der Waals surface area contributed by atoms with Gasteiger partial charge in [0.25, 0.3) is 0 Å². The second kappa shape index (κ2) is 5.28. The molecule has 0 N–H and O–H groups in total. The van der Waals surface area contributed by atoms with Crippen LogP contribution in [0.1, 0.15) is 36.8 Å². The van der Waals surface area contributed by atoms with Crippen LogP contribution in [-0.2, 0) is 0 Å². The number of allylic oxidation sites excluding steroid dienone is 3. The highest BCUT2D eigenvalue weighted by Crippen LogP contribution is 2.63. The Kier molecular flexibility index (Phi) is 3.26. The lowest BCUT2D eigenvalue weighted by atomic mass is 9.67. The maximum Gasteiger partial charge on any atom is 0.0236 e. The Morgan fingerprint density at radius 2 is 1.64 bits per heavy atom. The zero-order valence-corrected chi connectivity index (χ0v) is 13.0.